The van der Waals surface area contributed by atoms with Crippen LogP contribution in [0, 0.1) is 5.92 Å². The Kier molecular flexibility index (Phi) is 9.48. The number of pyridine rings is 1. The van der Waals surface area contributed by atoms with Gasteiger partial charge in [0, 0.05) is 65.1 Å². The van der Waals surface area contributed by atoms with Crippen molar-refractivity contribution in [3.8, 4) is 0 Å². The molecule has 1 aromatic carbocycles. The van der Waals surface area contributed by atoms with E-state index in [2.05, 4.69) is 48.9 Å². The number of carbonyl (C=O) groups is 2. The second-order valence-electron chi connectivity index (χ2n) is 11.0. The maximum atomic E-state index is 13.0. The molecule has 2 saturated heterocycles. The van der Waals surface area contributed by atoms with E-state index in [0.29, 0.717) is 18.8 Å². The molecule has 8 heteroatoms. The van der Waals surface area contributed by atoms with E-state index < -0.39 is 0 Å². The molecule has 2 fully saturated rings. The van der Waals surface area contributed by atoms with Crippen molar-refractivity contribution in [2.24, 2.45) is 5.92 Å². The van der Waals surface area contributed by atoms with Crippen LogP contribution >= 0.6 is 43.5 Å². The molecule has 1 atom stereocenters. The zero-order valence-electron chi connectivity index (χ0n) is 21.9. The number of aromatic nitrogens is 1. The quantitative estimate of drug-likeness (QED) is 0.292. The lowest BCUT2D eigenvalue weighted by molar-refractivity contribution is -0.132. The third-order valence-electron chi connectivity index (χ3n) is 8.52. The molecule has 0 spiro atoms. The van der Waals surface area contributed by atoms with E-state index in [1.807, 2.05) is 17.2 Å². The van der Waals surface area contributed by atoms with Crippen LogP contribution in [-0.4, -0.2) is 52.8 Å². The first kappa shape index (κ1) is 28.1. The smallest absolute Gasteiger partial charge is 0.222 e. The third-order valence-corrected chi connectivity index (χ3v) is 9.83. The zero-order chi connectivity index (χ0) is 26.6. The Balaban J connectivity index is 1.19. The summed E-state index contributed by atoms with van der Waals surface area (Å²) in [6, 6.07) is 6.34. The summed E-state index contributed by atoms with van der Waals surface area (Å²) in [7, 11) is 0. The Morgan fingerprint density at radius 3 is 2.18 bits per heavy atom. The summed E-state index contributed by atoms with van der Waals surface area (Å²) in [6.07, 6.45) is 11.9. The summed E-state index contributed by atoms with van der Waals surface area (Å²) in [5, 5.41) is 0.760. The number of hydrogen-bond donors (Lipinski definition) is 0. The molecule has 38 heavy (non-hydrogen) atoms. The van der Waals surface area contributed by atoms with Gasteiger partial charge in [0.1, 0.15) is 0 Å². The third kappa shape index (κ3) is 6.47. The average Bonchev–Trinajstić information content (AvgIpc) is 3.39. The molecule has 3 heterocycles. The van der Waals surface area contributed by atoms with Crippen molar-refractivity contribution < 1.29 is 9.59 Å². The van der Waals surface area contributed by atoms with E-state index >= 15 is 0 Å². The standard InChI is InChI=1S/C30H36Br2ClN3O2/c31-23-16-22-9-8-21-17-24(33)18-25(32)28(21)29(30(22)34-19-23)20-10-14-36(15-11-20)27(38)7-3-1-2-6-26(37)35-12-4-5-13-35/h16-20,29H,1-15H2/t29-/m1/s1. The van der Waals surface area contributed by atoms with Gasteiger partial charge in [-0.3, -0.25) is 14.6 Å². The summed E-state index contributed by atoms with van der Waals surface area (Å²) >= 11 is 13.9. The van der Waals surface area contributed by atoms with Crippen molar-refractivity contribution in [1.82, 2.24) is 14.8 Å². The summed E-state index contributed by atoms with van der Waals surface area (Å²) < 4.78 is 2.07. The molecular weight excluding hydrogens is 630 g/mol. The van der Waals surface area contributed by atoms with Crippen molar-refractivity contribution >= 4 is 55.3 Å². The molecule has 1 aliphatic carbocycles. The number of benzene rings is 1. The predicted molar refractivity (Wildman–Crippen MR) is 159 cm³/mol. The average molecular weight is 666 g/mol. The van der Waals surface area contributed by atoms with Crippen LogP contribution < -0.4 is 0 Å². The van der Waals surface area contributed by atoms with Gasteiger partial charge >= 0.3 is 0 Å². The van der Waals surface area contributed by atoms with E-state index in [9.17, 15) is 9.59 Å². The van der Waals surface area contributed by atoms with Gasteiger partial charge in [0.2, 0.25) is 11.8 Å². The van der Waals surface area contributed by atoms with Gasteiger partial charge in [-0.2, -0.15) is 0 Å². The maximum absolute atomic E-state index is 13.0. The van der Waals surface area contributed by atoms with Gasteiger partial charge in [-0.1, -0.05) is 34.0 Å². The minimum atomic E-state index is 0.188. The number of carbonyl (C=O) groups excluding carboxylic acids is 2. The number of likely N-dealkylation sites (tertiary alicyclic amines) is 2. The fourth-order valence-corrected chi connectivity index (χ4v) is 8.02. The van der Waals surface area contributed by atoms with Crippen molar-refractivity contribution in [2.45, 2.75) is 76.5 Å². The Hall–Kier alpha value is -1.44. The normalized spacial score (nSPS) is 19.7. The molecule has 2 aromatic rings. The highest BCUT2D eigenvalue weighted by molar-refractivity contribution is 9.10. The molecule has 5 nitrogen and oxygen atoms in total. The molecule has 2 amide bonds. The zero-order valence-corrected chi connectivity index (χ0v) is 25.8. The largest absolute Gasteiger partial charge is 0.343 e. The SMILES string of the molecule is O=C(CCCCCC(=O)N1CCC([C@H]2c3ncc(Br)cc3CCc3cc(Cl)cc(Br)c32)CC1)N1CCCC1. The van der Waals surface area contributed by atoms with Crippen molar-refractivity contribution in [3.63, 3.8) is 0 Å². The van der Waals surface area contributed by atoms with Gasteiger partial charge < -0.3 is 9.80 Å². The number of fused-ring (bicyclic) bond motifs is 2. The van der Waals surface area contributed by atoms with Crippen LogP contribution in [-0.2, 0) is 22.4 Å². The summed E-state index contributed by atoms with van der Waals surface area (Å²) in [5.41, 5.74) is 5.08. The van der Waals surface area contributed by atoms with Crippen LogP contribution in [0.25, 0.3) is 0 Å². The van der Waals surface area contributed by atoms with Gasteiger partial charge in [0.05, 0.1) is 5.69 Å². The van der Waals surface area contributed by atoms with E-state index in [1.165, 1.54) is 22.4 Å². The maximum Gasteiger partial charge on any atom is 0.222 e. The van der Waals surface area contributed by atoms with E-state index in [1.54, 1.807) is 0 Å². The lowest BCUT2D eigenvalue weighted by atomic mass is 9.76. The molecule has 0 unspecified atom stereocenters. The first-order valence-electron chi connectivity index (χ1n) is 14.1. The number of aryl methyl sites for hydroxylation is 2. The molecule has 0 saturated carbocycles. The highest BCUT2D eigenvalue weighted by Crippen LogP contribution is 2.46. The van der Waals surface area contributed by atoms with Crippen molar-refractivity contribution in [1.29, 1.82) is 0 Å². The summed E-state index contributed by atoms with van der Waals surface area (Å²) in [4.78, 5) is 34.2. The Morgan fingerprint density at radius 1 is 0.868 bits per heavy atom. The van der Waals surface area contributed by atoms with Crippen molar-refractivity contribution in [3.05, 3.63) is 60.7 Å². The lowest BCUT2D eigenvalue weighted by Crippen LogP contribution is -2.40. The number of unbranched alkanes of at least 4 members (excludes halogenated alkanes) is 2. The fraction of sp³-hybridized carbons (Fsp3) is 0.567. The molecule has 5 rings (SSSR count). The second-order valence-corrected chi connectivity index (χ2v) is 13.2. The molecule has 204 valence electrons. The van der Waals surface area contributed by atoms with Gasteiger partial charge in [-0.15, -0.1) is 0 Å². The van der Waals surface area contributed by atoms with Crippen LogP contribution in [0.15, 0.2) is 33.3 Å². The van der Waals surface area contributed by atoms with Crippen LogP contribution in [0.5, 0.6) is 0 Å². The number of rotatable bonds is 7. The predicted octanol–water partition coefficient (Wildman–Crippen LogP) is 7.30. The van der Waals surface area contributed by atoms with Gasteiger partial charge in [-0.05, 0) is 108 Å². The minimum Gasteiger partial charge on any atom is -0.343 e. The van der Waals surface area contributed by atoms with Crippen LogP contribution in [0.3, 0.4) is 0 Å². The summed E-state index contributed by atoms with van der Waals surface area (Å²) in [5.74, 6) is 1.14. The van der Waals surface area contributed by atoms with Gasteiger partial charge in [-0.25, -0.2) is 0 Å². The van der Waals surface area contributed by atoms with Crippen LogP contribution in [0.4, 0.5) is 0 Å². The Labute approximate surface area is 248 Å². The van der Waals surface area contributed by atoms with Gasteiger partial charge in [0.25, 0.3) is 0 Å². The molecule has 3 aliphatic rings. The van der Waals surface area contributed by atoms with Crippen molar-refractivity contribution in [2.75, 3.05) is 26.2 Å². The molecule has 0 N–H and O–H groups in total. The van der Waals surface area contributed by atoms with E-state index in [-0.39, 0.29) is 17.7 Å². The topological polar surface area (TPSA) is 53.5 Å². The van der Waals surface area contributed by atoms with E-state index in [0.717, 1.165) is 97.9 Å². The molecule has 0 radical (unpaired) electrons. The number of nitrogens with zero attached hydrogens (tertiary/aromatic N) is 3. The second kappa shape index (κ2) is 12.8. The van der Waals surface area contributed by atoms with Crippen LogP contribution in [0.2, 0.25) is 5.02 Å². The number of halogens is 3. The Bertz CT molecular complexity index is 1180. The number of amides is 2. The van der Waals surface area contributed by atoms with E-state index in [4.69, 9.17) is 16.6 Å². The first-order valence-corrected chi connectivity index (χ1v) is 16.0. The van der Waals surface area contributed by atoms with Crippen LogP contribution in [0.1, 0.15) is 86.1 Å². The summed E-state index contributed by atoms with van der Waals surface area (Å²) in [6.45, 7) is 3.42. The fourth-order valence-electron chi connectivity index (χ4n) is 6.52. The first-order chi connectivity index (χ1) is 18.4. The monoisotopic (exact) mass is 663 g/mol. The number of piperidine rings is 1. The molecular formula is C30H36Br2ClN3O2. The lowest BCUT2D eigenvalue weighted by Gasteiger charge is -2.37. The molecule has 2 aliphatic heterocycles. The number of hydrogen-bond acceptors (Lipinski definition) is 3. The van der Waals surface area contributed by atoms with Gasteiger partial charge in [0.15, 0.2) is 0 Å². The Morgan fingerprint density at radius 2 is 1.50 bits per heavy atom. The molecule has 1 aromatic heterocycles. The highest BCUT2D eigenvalue weighted by atomic mass is 79.9. The molecule has 0 bridgehead atoms. The minimum absolute atomic E-state index is 0.188. The highest BCUT2D eigenvalue weighted by Gasteiger charge is 2.36.